The average Bonchev–Trinajstić information content (AvgIpc) is 2.63. The summed E-state index contributed by atoms with van der Waals surface area (Å²) in [4.78, 5) is 26.6. The Morgan fingerprint density at radius 1 is 0.960 bits per heavy atom. The first kappa shape index (κ1) is 17.2. The fraction of sp³-hybridized carbons (Fsp3) is 0.333. The molecule has 4 nitrogen and oxygen atoms in total. The molecule has 1 aliphatic heterocycles. The van der Waals surface area contributed by atoms with E-state index in [9.17, 15) is 9.59 Å². The minimum atomic E-state index is -0.420. The Morgan fingerprint density at radius 3 is 1.84 bits per heavy atom. The van der Waals surface area contributed by atoms with Gasteiger partial charge in [0.1, 0.15) is 6.04 Å². The number of benzene rings is 2. The van der Waals surface area contributed by atoms with Gasteiger partial charge in [0, 0.05) is 13.0 Å². The normalized spacial score (nSPS) is 15.2. The number of hydrogen-bond acceptors (Lipinski definition) is 2. The number of amides is 2. The van der Waals surface area contributed by atoms with Crippen LogP contribution in [0.25, 0.3) is 0 Å². The molecule has 0 radical (unpaired) electrons. The average molecular weight is 336 g/mol. The van der Waals surface area contributed by atoms with Gasteiger partial charge in [-0.3, -0.25) is 9.59 Å². The van der Waals surface area contributed by atoms with Crippen LogP contribution in [0, 0.1) is 5.92 Å². The van der Waals surface area contributed by atoms with E-state index in [1.54, 1.807) is 4.90 Å². The Morgan fingerprint density at radius 2 is 1.48 bits per heavy atom. The molecule has 0 aromatic heterocycles. The van der Waals surface area contributed by atoms with Gasteiger partial charge >= 0.3 is 0 Å². The first-order valence-electron chi connectivity index (χ1n) is 8.77. The fourth-order valence-electron chi connectivity index (χ4n) is 3.31. The van der Waals surface area contributed by atoms with E-state index >= 15 is 0 Å². The number of likely N-dealkylation sites (tertiary alicyclic amines) is 1. The summed E-state index contributed by atoms with van der Waals surface area (Å²) < 4.78 is 0. The number of carbonyl (C=O) groups is 2. The summed E-state index contributed by atoms with van der Waals surface area (Å²) in [5, 5.41) is 3.17. The van der Waals surface area contributed by atoms with Crippen LogP contribution < -0.4 is 5.32 Å². The van der Waals surface area contributed by atoms with E-state index < -0.39 is 6.04 Å². The maximum atomic E-state index is 13.0. The van der Waals surface area contributed by atoms with Crippen molar-refractivity contribution in [3.8, 4) is 0 Å². The van der Waals surface area contributed by atoms with Crippen molar-refractivity contribution in [1.82, 2.24) is 10.2 Å². The van der Waals surface area contributed by atoms with E-state index in [0.29, 0.717) is 13.0 Å². The molecular weight excluding hydrogens is 312 g/mol. The van der Waals surface area contributed by atoms with Gasteiger partial charge < -0.3 is 10.2 Å². The SMILES string of the molecule is CC(C)[C@@H](C(=O)NC(c1ccccc1)c1ccccc1)N1CCC1=O. The van der Waals surface area contributed by atoms with E-state index in [1.165, 1.54) is 0 Å². The van der Waals surface area contributed by atoms with Crippen LogP contribution in [0.5, 0.6) is 0 Å². The zero-order chi connectivity index (χ0) is 17.8. The van der Waals surface area contributed by atoms with Crippen LogP contribution in [0.2, 0.25) is 0 Å². The molecule has 2 aromatic carbocycles. The lowest BCUT2D eigenvalue weighted by Crippen LogP contribution is -2.58. The summed E-state index contributed by atoms with van der Waals surface area (Å²) in [5.74, 6) is 0.0297. The molecule has 2 aromatic rings. The minimum Gasteiger partial charge on any atom is -0.343 e. The summed E-state index contributed by atoms with van der Waals surface area (Å²) in [5.41, 5.74) is 2.05. The van der Waals surface area contributed by atoms with Gasteiger partial charge in [-0.15, -0.1) is 0 Å². The Kier molecular flexibility index (Phi) is 5.17. The monoisotopic (exact) mass is 336 g/mol. The second kappa shape index (κ2) is 7.51. The summed E-state index contributed by atoms with van der Waals surface area (Å²) in [6.45, 7) is 4.63. The van der Waals surface area contributed by atoms with Gasteiger partial charge in [-0.2, -0.15) is 0 Å². The van der Waals surface area contributed by atoms with Crippen molar-refractivity contribution in [2.45, 2.75) is 32.4 Å². The predicted molar refractivity (Wildman–Crippen MR) is 97.8 cm³/mol. The van der Waals surface area contributed by atoms with Crippen LogP contribution in [0.4, 0.5) is 0 Å². The van der Waals surface area contributed by atoms with E-state index in [-0.39, 0.29) is 23.8 Å². The second-order valence-electron chi connectivity index (χ2n) is 6.79. The van der Waals surface area contributed by atoms with Crippen LogP contribution >= 0.6 is 0 Å². The van der Waals surface area contributed by atoms with Crippen molar-refractivity contribution in [3.63, 3.8) is 0 Å². The summed E-state index contributed by atoms with van der Waals surface area (Å²) >= 11 is 0. The number of β-lactam (4-membered cyclic amide) rings is 1. The number of nitrogens with one attached hydrogen (secondary N) is 1. The lowest BCUT2D eigenvalue weighted by Gasteiger charge is -2.40. The van der Waals surface area contributed by atoms with Crippen LogP contribution in [-0.4, -0.2) is 29.3 Å². The van der Waals surface area contributed by atoms with Crippen molar-refractivity contribution in [2.24, 2.45) is 5.92 Å². The van der Waals surface area contributed by atoms with Crippen molar-refractivity contribution in [2.75, 3.05) is 6.54 Å². The smallest absolute Gasteiger partial charge is 0.243 e. The Labute approximate surface area is 148 Å². The molecule has 0 aliphatic carbocycles. The second-order valence-corrected chi connectivity index (χ2v) is 6.79. The van der Waals surface area contributed by atoms with E-state index in [4.69, 9.17) is 0 Å². The van der Waals surface area contributed by atoms with Gasteiger partial charge in [-0.1, -0.05) is 74.5 Å². The largest absolute Gasteiger partial charge is 0.343 e. The van der Waals surface area contributed by atoms with Crippen LogP contribution in [0.15, 0.2) is 60.7 Å². The highest BCUT2D eigenvalue weighted by Gasteiger charge is 2.38. The van der Waals surface area contributed by atoms with Crippen molar-refractivity contribution >= 4 is 11.8 Å². The molecule has 1 N–H and O–H groups in total. The van der Waals surface area contributed by atoms with Gasteiger partial charge in [0.15, 0.2) is 0 Å². The number of carbonyl (C=O) groups excluding carboxylic acids is 2. The van der Waals surface area contributed by atoms with Crippen LogP contribution in [0.3, 0.4) is 0 Å². The summed E-state index contributed by atoms with van der Waals surface area (Å²) in [6.07, 6.45) is 0.539. The predicted octanol–water partition coefficient (Wildman–Crippen LogP) is 3.15. The molecule has 3 rings (SSSR count). The summed E-state index contributed by atoms with van der Waals surface area (Å²) in [6, 6.07) is 19.2. The maximum Gasteiger partial charge on any atom is 0.243 e. The lowest BCUT2D eigenvalue weighted by atomic mass is 9.95. The molecule has 1 atom stereocenters. The standard InChI is InChI=1S/C21H24N2O2/c1-15(2)20(23-14-13-18(23)24)21(25)22-19(16-9-5-3-6-10-16)17-11-7-4-8-12-17/h3-12,15,19-20H,13-14H2,1-2H3,(H,22,25)/t20-/m0/s1. The topological polar surface area (TPSA) is 49.4 Å². The molecule has 0 unspecified atom stereocenters. The molecule has 0 saturated carbocycles. The molecule has 2 amide bonds. The molecule has 1 heterocycles. The van der Waals surface area contributed by atoms with E-state index in [1.807, 2.05) is 74.5 Å². The Balaban J connectivity index is 1.87. The number of hydrogen-bond donors (Lipinski definition) is 1. The third kappa shape index (κ3) is 3.73. The van der Waals surface area contributed by atoms with E-state index in [2.05, 4.69) is 5.32 Å². The van der Waals surface area contributed by atoms with Crippen molar-refractivity contribution in [3.05, 3.63) is 71.8 Å². The maximum absolute atomic E-state index is 13.0. The highest BCUT2D eigenvalue weighted by Crippen LogP contribution is 2.25. The molecule has 1 fully saturated rings. The van der Waals surface area contributed by atoms with Crippen molar-refractivity contribution < 1.29 is 9.59 Å². The fourth-order valence-corrected chi connectivity index (χ4v) is 3.31. The molecule has 25 heavy (non-hydrogen) atoms. The molecule has 130 valence electrons. The highest BCUT2D eigenvalue weighted by atomic mass is 16.2. The first-order chi connectivity index (χ1) is 12.1. The quantitative estimate of drug-likeness (QED) is 0.824. The van der Waals surface area contributed by atoms with Gasteiger partial charge in [-0.05, 0) is 17.0 Å². The highest BCUT2D eigenvalue weighted by molar-refractivity contribution is 5.91. The lowest BCUT2D eigenvalue weighted by molar-refractivity contribution is -0.150. The molecular formula is C21H24N2O2. The molecule has 4 heteroatoms. The molecule has 0 bridgehead atoms. The zero-order valence-corrected chi connectivity index (χ0v) is 14.7. The van der Waals surface area contributed by atoms with E-state index in [0.717, 1.165) is 11.1 Å². The van der Waals surface area contributed by atoms with Crippen LogP contribution in [0.1, 0.15) is 37.4 Å². The third-order valence-electron chi connectivity index (χ3n) is 4.68. The number of nitrogens with zero attached hydrogens (tertiary/aromatic N) is 1. The Hall–Kier alpha value is -2.62. The number of rotatable bonds is 6. The molecule has 1 aliphatic rings. The Bertz CT molecular complexity index is 689. The first-order valence-corrected chi connectivity index (χ1v) is 8.77. The minimum absolute atomic E-state index is 0.0600. The van der Waals surface area contributed by atoms with Gasteiger partial charge in [0.25, 0.3) is 0 Å². The molecule has 1 saturated heterocycles. The molecule has 0 spiro atoms. The van der Waals surface area contributed by atoms with Crippen molar-refractivity contribution in [1.29, 1.82) is 0 Å². The van der Waals surface area contributed by atoms with Gasteiger partial charge in [-0.25, -0.2) is 0 Å². The van der Waals surface area contributed by atoms with Gasteiger partial charge in [0.2, 0.25) is 11.8 Å². The van der Waals surface area contributed by atoms with Gasteiger partial charge in [0.05, 0.1) is 6.04 Å². The zero-order valence-electron chi connectivity index (χ0n) is 14.7. The summed E-state index contributed by atoms with van der Waals surface area (Å²) in [7, 11) is 0. The third-order valence-corrected chi connectivity index (χ3v) is 4.68. The van der Waals surface area contributed by atoms with Crippen LogP contribution in [-0.2, 0) is 9.59 Å².